The van der Waals surface area contributed by atoms with E-state index >= 15 is 0 Å². The zero-order valence-electron chi connectivity index (χ0n) is 10.5. The molecule has 1 saturated carbocycles. The van der Waals surface area contributed by atoms with Crippen molar-refractivity contribution in [1.82, 2.24) is 0 Å². The van der Waals surface area contributed by atoms with Gasteiger partial charge in [0.2, 0.25) is 0 Å². The molecule has 0 saturated heterocycles. The van der Waals surface area contributed by atoms with E-state index in [0.717, 1.165) is 30.6 Å². The predicted molar refractivity (Wildman–Crippen MR) is 70.1 cm³/mol. The van der Waals surface area contributed by atoms with Crippen molar-refractivity contribution in [2.45, 2.75) is 44.6 Å². The SMILES string of the molecule is Cc1ccc2oc(C3(C)CCC(N)C3)cc2c1. The van der Waals surface area contributed by atoms with Crippen LogP contribution >= 0.6 is 0 Å². The molecule has 0 radical (unpaired) electrons. The smallest absolute Gasteiger partial charge is 0.134 e. The third-order valence-corrected chi connectivity index (χ3v) is 4.05. The summed E-state index contributed by atoms with van der Waals surface area (Å²) in [7, 11) is 0. The van der Waals surface area contributed by atoms with Crippen LogP contribution < -0.4 is 5.73 Å². The molecule has 90 valence electrons. The molecule has 0 bridgehead atoms. The molecule has 17 heavy (non-hydrogen) atoms. The molecule has 1 aliphatic rings. The lowest BCUT2D eigenvalue weighted by atomic mass is 9.85. The highest BCUT2D eigenvalue weighted by molar-refractivity contribution is 5.79. The first-order valence-corrected chi connectivity index (χ1v) is 6.33. The second-order valence-corrected chi connectivity index (χ2v) is 5.72. The summed E-state index contributed by atoms with van der Waals surface area (Å²) in [4.78, 5) is 0. The highest BCUT2D eigenvalue weighted by Gasteiger charge is 2.37. The van der Waals surface area contributed by atoms with E-state index in [1.165, 1.54) is 10.9 Å². The third kappa shape index (κ3) is 1.77. The Labute approximate surface area is 102 Å². The number of nitrogens with two attached hydrogens (primary N) is 1. The number of rotatable bonds is 1. The Bertz CT molecular complexity index is 557. The van der Waals surface area contributed by atoms with Gasteiger partial charge in [-0.1, -0.05) is 18.6 Å². The monoisotopic (exact) mass is 229 g/mol. The molecular weight excluding hydrogens is 210 g/mol. The van der Waals surface area contributed by atoms with Gasteiger partial charge in [-0.15, -0.1) is 0 Å². The average molecular weight is 229 g/mol. The molecule has 1 aromatic carbocycles. The van der Waals surface area contributed by atoms with Crippen molar-refractivity contribution in [2.24, 2.45) is 5.73 Å². The van der Waals surface area contributed by atoms with E-state index in [-0.39, 0.29) is 5.41 Å². The number of aryl methyl sites for hydroxylation is 1. The van der Waals surface area contributed by atoms with Crippen molar-refractivity contribution < 1.29 is 4.42 Å². The number of benzene rings is 1. The van der Waals surface area contributed by atoms with Gasteiger partial charge in [-0.3, -0.25) is 0 Å². The topological polar surface area (TPSA) is 39.2 Å². The van der Waals surface area contributed by atoms with Crippen molar-refractivity contribution in [1.29, 1.82) is 0 Å². The molecule has 2 heteroatoms. The van der Waals surface area contributed by atoms with E-state index in [2.05, 4.69) is 38.1 Å². The molecule has 3 rings (SSSR count). The second-order valence-electron chi connectivity index (χ2n) is 5.72. The quantitative estimate of drug-likeness (QED) is 0.812. The Balaban J connectivity index is 2.06. The van der Waals surface area contributed by atoms with Gasteiger partial charge in [-0.2, -0.15) is 0 Å². The molecule has 2 unspecified atom stereocenters. The number of hydrogen-bond acceptors (Lipinski definition) is 2. The normalized spacial score (nSPS) is 29.0. The largest absolute Gasteiger partial charge is 0.460 e. The van der Waals surface area contributed by atoms with Crippen LogP contribution in [0.5, 0.6) is 0 Å². The summed E-state index contributed by atoms with van der Waals surface area (Å²) < 4.78 is 6.00. The van der Waals surface area contributed by atoms with Gasteiger partial charge in [-0.05, 0) is 44.4 Å². The molecule has 2 N–H and O–H groups in total. The highest BCUT2D eigenvalue weighted by Crippen LogP contribution is 2.42. The molecule has 2 nitrogen and oxygen atoms in total. The lowest BCUT2D eigenvalue weighted by Crippen LogP contribution is -2.21. The summed E-state index contributed by atoms with van der Waals surface area (Å²) >= 11 is 0. The molecule has 2 atom stereocenters. The van der Waals surface area contributed by atoms with E-state index in [1.54, 1.807) is 0 Å². The van der Waals surface area contributed by atoms with E-state index < -0.39 is 0 Å². The first-order chi connectivity index (χ1) is 8.07. The fraction of sp³-hybridized carbons (Fsp3) is 0.467. The predicted octanol–water partition coefficient (Wildman–Crippen LogP) is 3.51. The summed E-state index contributed by atoms with van der Waals surface area (Å²) in [6.45, 7) is 4.38. The Morgan fingerprint density at radius 2 is 2.18 bits per heavy atom. The van der Waals surface area contributed by atoms with Crippen LogP contribution in [0.1, 0.15) is 37.5 Å². The standard InChI is InChI=1S/C15H19NO/c1-10-3-4-13-11(7-10)8-14(17-13)15(2)6-5-12(16)9-15/h3-4,7-8,12H,5-6,9,16H2,1-2H3. The molecule has 1 heterocycles. The van der Waals surface area contributed by atoms with Crippen molar-refractivity contribution >= 4 is 11.0 Å². The van der Waals surface area contributed by atoms with E-state index in [0.29, 0.717) is 6.04 Å². The lowest BCUT2D eigenvalue weighted by Gasteiger charge is -2.20. The van der Waals surface area contributed by atoms with E-state index in [4.69, 9.17) is 10.2 Å². The minimum absolute atomic E-state index is 0.131. The van der Waals surface area contributed by atoms with Crippen molar-refractivity contribution in [3.8, 4) is 0 Å². The van der Waals surface area contributed by atoms with Crippen LogP contribution in [0.4, 0.5) is 0 Å². The Morgan fingerprint density at radius 3 is 2.88 bits per heavy atom. The van der Waals surface area contributed by atoms with E-state index in [1.807, 2.05) is 0 Å². The first kappa shape index (κ1) is 10.8. The second kappa shape index (κ2) is 3.61. The zero-order chi connectivity index (χ0) is 12.0. The molecule has 0 amide bonds. The Kier molecular flexibility index (Phi) is 2.30. The van der Waals surface area contributed by atoms with Crippen LogP contribution in [0.3, 0.4) is 0 Å². The van der Waals surface area contributed by atoms with Gasteiger partial charge in [0, 0.05) is 16.8 Å². The van der Waals surface area contributed by atoms with Gasteiger partial charge >= 0.3 is 0 Å². The van der Waals surface area contributed by atoms with Crippen LogP contribution in [0, 0.1) is 6.92 Å². The molecule has 1 aliphatic carbocycles. The summed E-state index contributed by atoms with van der Waals surface area (Å²) in [5, 5.41) is 1.21. The molecule has 2 aromatic rings. The number of furan rings is 1. The average Bonchev–Trinajstić information content (AvgIpc) is 2.83. The van der Waals surface area contributed by atoms with Crippen molar-refractivity contribution in [3.63, 3.8) is 0 Å². The van der Waals surface area contributed by atoms with Gasteiger partial charge in [0.05, 0.1) is 0 Å². The van der Waals surface area contributed by atoms with Gasteiger partial charge in [-0.25, -0.2) is 0 Å². The maximum atomic E-state index is 6.02. The maximum Gasteiger partial charge on any atom is 0.134 e. The van der Waals surface area contributed by atoms with Gasteiger partial charge < -0.3 is 10.2 Å². The summed E-state index contributed by atoms with van der Waals surface area (Å²) in [6, 6.07) is 8.86. The molecule has 0 spiro atoms. The minimum atomic E-state index is 0.131. The minimum Gasteiger partial charge on any atom is -0.460 e. The van der Waals surface area contributed by atoms with Crippen LogP contribution in [0.15, 0.2) is 28.7 Å². The molecule has 1 aromatic heterocycles. The van der Waals surface area contributed by atoms with Crippen molar-refractivity contribution in [2.75, 3.05) is 0 Å². The van der Waals surface area contributed by atoms with Gasteiger partial charge in [0.15, 0.2) is 0 Å². The molecular formula is C15H19NO. The van der Waals surface area contributed by atoms with Gasteiger partial charge in [0.25, 0.3) is 0 Å². The van der Waals surface area contributed by atoms with Crippen LogP contribution in [-0.2, 0) is 5.41 Å². The highest BCUT2D eigenvalue weighted by atomic mass is 16.3. The van der Waals surface area contributed by atoms with Crippen LogP contribution in [0.25, 0.3) is 11.0 Å². The fourth-order valence-corrected chi connectivity index (χ4v) is 2.97. The van der Waals surface area contributed by atoms with Crippen LogP contribution in [-0.4, -0.2) is 6.04 Å². The number of hydrogen-bond donors (Lipinski definition) is 1. The summed E-state index contributed by atoms with van der Waals surface area (Å²) in [5.41, 5.74) is 8.42. The first-order valence-electron chi connectivity index (χ1n) is 6.33. The summed E-state index contributed by atoms with van der Waals surface area (Å²) in [6.07, 6.45) is 3.27. The lowest BCUT2D eigenvalue weighted by molar-refractivity contribution is 0.377. The maximum absolute atomic E-state index is 6.02. The Hall–Kier alpha value is -1.28. The summed E-state index contributed by atoms with van der Waals surface area (Å²) in [5.74, 6) is 1.10. The van der Waals surface area contributed by atoms with Gasteiger partial charge in [0.1, 0.15) is 11.3 Å². The zero-order valence-corrected chi connectivity index (χ0v) is 10.5. The van der Waals surface area contributed by atoms with E-state index in [9.17, 15) is 0 Å². The van der Waals surface area contributed by atoms with Crippen molar-refractivity contribution in [3.05, 3.63) is 35.6 Å². The number of fused-ring (bicyclic) bond motifs is 1. The Morgan fingerprint density at radius 1 is 1.35 bits per heavy atom. The third-order valence-electron chi connectivity index (χ3n) is 4.05. The fourth-order valence-electron chi connectivity index (χ4n) is 2.97. The molecule has 0 aliphatic heterocycles. The molecule has 1 fully saturated rings. The van der Waals surface area contributed by atoms with Crippen LogP contribution in [0.2, 0.25) is 0 Å².